The van der Waals surface area contributed by atoms with Gasteiger partial charge in [-0.05, 0) is 12.8 Å². The predicted molar refractivity (Wildman–Crippen MR) is 60.0 cm³/mol. The summed E-state index contributed by atoms with van der Waals surface area (Å²) in [6, 6.07) is 2.09. The standard InChI is InChI=1S/C9H13Cl2N3/c1-3-6(4-2)12-7-5-8(10)13-14-9(7)11/h5-6H,3-4H2,1-2H3,(H,12,13). The van der Waals surface area contributed by atoms with Crippen molar-refractivity contribution in [3.05, 3.63) is 16.4 Å². The zero-order valence-corrected chi connectivity index (χ0v) is 9.73. The maximum Gasteiger partial charge on any atom is 0.174 e. The Bertz CT molecular complexity index is 300. The molecule has 0 aliphatic heterocycles. The van der Waals surface area contributed by atoms with Crippen LogP contribution >= 0.6 is 23.2 Å². The van der Waals surface area contributed by atoms with Crippen LogP contribution in [-0.2, 0) is 0 Å². The highest BCUT2D eigenvalue weighted by Gasteiger charge is 2.08. The fourth-order valence-corrected chi connectivity index (χ4v) is 1.46. The average molecular weight is 234 g/mol. The highest BCUT2D eigenvalue weighted by Crippen LogP contribution is 2.22. The molecule has 0 bridgehead atoms. The molecule has 3 nitrogen and oxygen atoms in total. The van der Waals surface area contributed by atoms with E-state index in [1.54, 1.807) is 6.07 Å². The molecule has 0 aromatic carbocycles. The summed E-state index contributed by atoms with van der Waals surface area (Å²) in [5.41, 5.74) is 0.750. The van der Waals surface area contributed by atoms with E-state index in [4.69, 9.17) is 23.2 Å². The second kappa shape index (κ2) is 5.37. The van der Waals surface area contributed by atoms with Crippen LogP contribution in [0.1, 0.15) is 26.7 Å². The van der Waals surface area contributed by atoms with Crippen LogP contribution in [0.2, 0.25) is 10.3 Å². The molecule has 5 heteroatoms. The van der Waals surface area contributed by atoms with Gasteiger partial charge < -0.3 is 5.32 Å². The Kier molecular flexibility index (Phi) is 4.42. The molecule has 1 aromatic rings. The number of nitrogens with one attached hydrogen (secondary N) is 1. The molecule has 0 fully saturated rings. The molecule has 1 N–H and O–H groups in total. The highest BCUT2D eigenvalue weighted by molar-refractivity contribution is 6.33. The molecule has 1 aromatic heterocycles. The van der Waals surface area contributed by atoms with Crippen molar-refractivity contribution in [1.29, 1.82) is 0 Å². The van der Waals surface area contributed by atoms with Crippen molar-refractivity contribution in [2.45, 2.75) is 32.7 Å². The zero-order chi connectivity index (χ0) is 10.6. The van der Waals surface area contributed by atoms with Crippen molar-refractivity contribution in [2.24, 2.45) is 0 Å². The SMILES string of the molecule is CCC(CC)Nc1cc(Cl)nnc1Cl. The lowest BCUT2D eigenvalue weighted by Crippen LogP contribution is -2.17. The first-order valence-corrected chi connectivity index (χ1v) is 5.38. The number of rotatable bonds is 4. The minimum Gasteiger partial charge on any atom is -0.380 e. The lowest BCUT2D eigenvalue weighted by atomic mass is 10.2. The third-order valence-corrected chi connectivity index (χ3v) is 2.53. The normalized spacial score (nSPS) is 10.6. The molecule has 0 atom stereocenters. The summed E-state index contributed by atoms with van der Waals surface area (Å²) < 4.78 is 0. The number of hydrogen-bond donors (Lipinski definition) is 1. The number of hydrogen-bond acceptors (Lipinski definition) is 3. The van der Waals surface area contributed by atoms with Crippen LogP contribution < -0.4 is 5.32 Å². The van der Waals surface area contributed by atoms with E-state index in [-0.39, 0.29) is 0 Å². The summed E-state index contributed by atoms with van der Waals surface area (Å²) in [5, 5.41) is 11.3. The van der Waals surface area contributed by atoms with Crippen LogP contribution in [0.15, 0.2) is 6.07 Å². The van der Waals surface area contributed by atoms with E-state index < -0.39 is 0 Å². The Morgan fingerprint density at radius 1 is 1.29 bits per heavy atom. The van der Waals surface area contributed by atoms with Crippen molar-refractivity contribution in [3.63, 3.8) is 0 Å². The van der Waals surface area contributed by atoms with Gasteiger partial charge >= 0.3 is 0 Å². The van der Waals surface area contributed by atoms with Gasteiger partial charge in [-0.15, -0.1) is 10.2 Å². The van der Waals surface area contributed by atoms with Crippen LogP contribution in [0, 0.1) is 0 Å². The van der Waals surface area contributed by atoms with Crippen LogP contribution in [0.3, 0.4) is 0 Å². The molecule has 1 heterocycles. The molecule has 0 saturated heterocycles. The molecule has 78 valence electrons. The van der Waals surface area contributed by atoms with E-state index in [1.807, 2.05) is 0 Å². The minimum absolute atomic E-state index is 0.350. The van der Waals surface area contributed by atoms with Crippen molar-refractivity contribution >= 4 is 28.9 Å². The van der Waals surface area contributed by atoms with E-state index in [9.17, 15) is 0 Å². The van der Waals surface area contributed by atoms with Crippen LogP contribution in [-0.4, -0.2) is 16.2 Å². The lowest BCUT2D eigenvalue weighted by molar-refractivity contribution is 0.671. The van der Waals surface area contributed by atoms with Gasteiger partial charge in [-0.25, -0.2) is 0 Å². The van der Waals surface area contributed by atoms with Gasteiger partial charge in [0.25, 0.3) is 0 Å². The Labute approximate surface area is 93.8 Å². The third kappa shape index (κ3) is 3.00. The van der Waals surface area contributed by atoms with E-state index in [1.165, 1.54) is 0 Å². The van der Waals surface area contributed by atoms with Crippen LogP contribution in [0.4, 0.5) is 5.69 Å². The summed E-state index contributed by atoms with van der Waals surface area (Å²) >= 11 is 11.6. The van der Waals surface area contributed by atoms with Gasteiger partial charge in [0, 0.05) is 12.1 Å². The smallest absolute Gasteiger partial charge is 0.174 e. The largest absolute Gasteiger partial charge is 0.380 e. The molecule has 0 unspecified atom stereocenters. The maximum atomic E-state index is 5.86. The summed E-state index contributed by atoms with van der Waals surface area (Å²) in [7, 11) is 0. The Balaban J connectivity index is 2.79. The van der Waals surface area contributed by atoms with Crippen LogP contribution in [0.25, 0.3) is 0 Å². The van der Waals surface area contributed by atoms with Crippen molar-refractivity contribution < 1.29 is 0 Å². The van der Waals surface area contributed by atoms with Crippen molar-refractivity contribution in [2.75, 3.05) is 5.32 Å². The van der Waals surface area contributed by atoms with Crippen LogP contribution in [0.5, 0.6) is 0 Å². The number of halogens is 2. The summed E-state index contributed by atoms with van der Waals surface area (Å²) in [6.07, 6.45) is 2.07. The lowest BCUT2D eigenvalue weighted by Gasteiger charge is -2.16. The second-order valence-electron chi connectivity index (χ2n) is 3.03. The Hall–Kier alpha value is -0.540. The quantitative estimate of drug-likeness (QED) is 0.867. The molecule has 0 aliphatic rings. The molecule has 0 saturated carbocycles. The van der Waals surface area contributed by atoms with Gasteiger partial charge in [-0.3, -0.25) is 0 Å². The molecular weight excluding hydrogens is 221 g/mol. The first kappa shape index (κ1) is 11.5. The molecule has 0 spiro atoms. The van der Waals surface area contributed by atoms with E-state index >= 15 is 0 Å². The highest BCUT2D eigenvalue weighted by atomic mass is 35.5. The predicted octanol–water partition coefficient (Wildman–Crippen LogP) is 3.38. The monoisotopic (exact) mass is 233 g/mol. The first-order chi connectivity index (χ1) is 6.67. The van der Waals surface area contributed by atoms with E-state index in [2.05, 4.69) is 29.4 Å². The maximum absolute atomic E-state index is 5.86. The summed E-state index contributed by atoms with van der Waals surface area (Å²) in [5.74, 6) is 0. The van der Waals surface area contributed by atoms with E-state index in [0.29, 0.717) is 16.3 Å². The molecule has 14 heavy (non-hydrogen) atoms. The topological polar surface area (TPSA) is 37.8 Å². The van der Waals surface area contributed by atoms with Gasteiger partial charge in [0.05, 0.1) is 5.69 Å². The molecule has 0 aliphatic carbocycles. The molecular formula is C9H13Cl2N3. The fraction of sp³-hybridized carbons (Fsp3) is 0.556. The summed E-state index contributed by atoms with van der Waals surface area (Å²) in [6.45, 7) is 4.23. The third-order valence-electron chi connectivity index (χ3n) is 2.06. The van der Waals surface area contributed by atoms with Crippen molar-refractivity contribution in [1.82, 2.24) is 10.2 Å². The summed E-state index contributed by atoms with van der Waals surface area (Å²) in [4.78, 5) is 0. The number of anilines is 1. The van der Waals surface area contributed by atoms with E-state index in [0.717, 1.165) is 18.5 Å². The minimum atomic E-state index is 0.350. The van der Waals surface area contributed by atoms with Gasteiger partial charge in [0.2, 0.25) is 0 Å². The molecule has 0 radical (unpaired) electrons. The number of aromatic nitrogens is 2. The molecule has 1 rings (SSSR count). The fourth-order valence-electron chi connectivity index (χ4n) is 1.17. The van der Waals surface area contributed by atoms with Crippen molar-refractivity contribution in [3.8, 4) is 0 Å². The van der Waals surface area contributed by atoms with Gasteiger partial charge in [-0.2, -0.15) is 0 Å². The Morgan fingerprint density at radius 3 is 2.50 bits per heavy atom. The first-order valence-electron chi connectivity index (χ1n) is 4.62. The average Bonchev–Trinajstić information content (AvgIpc) is 2.19. The Morgan fingerprint density at radius 2 is 1.93 bits per heavy atom. The van der Waals surface area contributed by atoms with Gasteiger partial charge in [0.1, 0.15) is 0 Å². The molecule has 0 amide bonds. The van der Waals surface area contributed by atoms with Gasteiger partial charge in [-0.1, -0.05) is 37.0 Å². The second-order valence-corrected chi connectivity index (χ2v) is 3.77. The van der Waals surface area contributed by atoms with Gasteiger partial charge in [0.15, 0.2) is 10.3 Å². The zero-order valence-electron chi connectivity index (χ0n) is 8.22. The number of nitrogens with zero attached hydrogens (tertiary/aromatic N) is 2.